The van der Waals surface area contributed by atoms with E-state index in [0.29, 0.717) is 11.3 Å². The van der Waals surface area contributed by atoms with Crippen LogP contribution in [0.5, 0.6) is 0 Å². The molecule has 2 aromatic carbocycles. The molecule has 23 heavy (non-hydrogen) atoms. The topological polar surface area (TPSA) is 46.6 Å². The molecule has 0 saturated carbocycles. The van der Waals surface area contributed by atoms with Crippen molar-refractivity contribution in [3.8, 4) is 0 Å². The molecule has 4 heteroatoms. The van der Waals surface area contributed by atoms with E-state index >= 15 is 0 Å². The van der Waals surface area contributed by atoms with E-state index in [0.717, 1.165) is 12.1 Å². The molecular formula is C19H21NO3. The van der Waals surface area contributed by atoms with E-state index in [-0.39, 0.29) is 5.41 Å². The number of nitrogens with zero attached hydrogens (tertiary/aromatic N) is 1. The fourth-order valence-electron chi connectivity index (χ4n) is 2.27. The van der Waals surface area contributed by atoms with Gasteiger partial charge in [0.1, 0.15) is 0 Å². The van der Waals surface area contributed by atoms with Crippen molar-refractivity contribution >= 4 is 23.8 Å². The lowest BCUT2D eigenvalue weighted by Gasteiger charge is -2.22. The second-order valence-electron chi connectivity index (χ2n) is 6.31. The number of ether oxygens (including phenoxy) is 1. The first-order valence-electron chi connectivity index (χ1n) is 7.40. The highest BCUT2D eigenvalue weighted by molar-refractivity contribution is 5.91. The summed E-state index contributed by atoms with van der Waals surface area (Å²) in [6.45, 7) is 6.43. The van der Waals surface area contributed by atoms with Gasteiger partial charge in [0.25, 0.3) is 0 Å². The second-order valence-corrected chi connectivity index (χ2v) is 6.31. The minimum absolute atomic E-state index is 0.0622. The third kappa shape index (κ3) is 3.77. The predicted octanol–water partition coefficient (Wildman–Crippen LogP) is 4.07. The van der Waals surface area contributed by atoms with Crippen molar-refractivity contribution in [1.82, 2.24) is 0 Å². The number of methoxy groups -OCH3 is 1. The molecular weight excluding hydrogens is 290 g/mol. The summed E-state index contributed by atoms with van der Waals surface area (Å²) in [6, 6.07) is 14.6. The van der Waals surface area contributed by atoms with E-state index in [2.05, 4.69) is 25.5 Å². The van der Waals surface area contributed by atoms with Crippen LogP contribution < -0.4 is 4.90 Å². The molecule has 0 aliphatic rings. The van der Waals surface area contributed by atoms with E-state index in [1.807, 2.05) is 24.3 Å². The minimum Gasteiger partial charge on any atom is -0.465 e. The highest BCUT2D eigenvalue weighted by Crippen LogP contribution is 2.28. The van der Waals surface area contributed by atoms with Gasteiger partial charge in [-0.1, -0.05) is 32.9 Å². The van der Waals surface area contributed by atoms with E-state index in [1.54, 1.807) is 24.3 Å². The number of benzene rings is 2. The van der Waals surface area contributed by atoms with Crippen LogP contribution in [0.3, 0.4) is 0 Å². The Kier molecular flexibility index (Phi) is 4.84. The minimum atomic E-state index is -0.399. The van der Waals surface area contributed by atoms with Crippen LogP contribution in [0.2, 0.25) is 0 Å². The lowest BCUT2D eigenvalue weighted by Crippen LogP contribution is -2.15. The average molecular weight is 311 g/mol. The molecule has 0 fully saturated rings. The first kappa shape index (κ1) is 16.7. The fourth-order valence-corrected chi connectivity index (χ4v) is 2.27. The van der Waals surface area contributed by atoms with Crippen molar-refractivity contribution in [3.05, 3.63) is 59.7 Å². The Morgan fingerprint density at radius 1 is 0.957 bits per heavy atom. The number of carbonyl (C=O) groups excluding carboxylic acids is 2. The van der Waals surface area contributed by atoms with Crippen LogP contribution in [-0.4, -0.2) is 19.5 Å². The molecule has 0 aliphatic heterocycles. The Hall–Kier alpha value is -2.62. The van der Waals surface area contributed by atoms with Crippen LogP contribution in [0.4, 0.5) is 11.4 Å². The zero-order chi connectivity index (χ0) is 17.0. The smallest absolute Gasteiger partial charge is 0.337 e. The first-order valence-corrected chi connectivity index (χ1v) is 7.40. The molecule has 2 rings (SSSR count). The highest BCUT2D eigenvalue weighted by Gasteiger charge is 2.15. The quantitative estimate of drug-likeness (QED) is 0.632. The van der Waals surface area contributed by atoms with Gasteiger partial charge >= 0.3 is 5.97 Å². The Labute approximate surface area is 136 Å². The zero-order valence-electron chi connectivity index (χ0n) is 13.9. The Bertz CT molecular complexity index is 682. The van der Waals surface area contributed by atoms with Crippen LogP contribution >= 0.6 is 0 Å². The van der Waals surface area contributed by atoms with Gasteiger partial charge < -0.3 is 4.74 Å². The summed E-state index contributed by atoms with van der Waals surface area (Å²) in [5, 5.41) is 0. The molecule has 0 bridgehead atoms. The highest BCUT2D eigenvalue weighted by atomic mass is 16.5. The number of anilines is 2. The van der Waals surface area contributed by atoms with E-state index in [9.17, 15) is 9.59 Å². The van der Waals surface area contributed by atoms with Crippen molar-refractivity contribution in [2.24, 2.45) is 0 Å². The Balaban J connectivity index is 2.29. The van der Waals surface area contributed by atoms with Crippen molar-refractivity contribution in [1.29, 1.82) is 0 Å². The zero-order valence-corrected chi connectivity index (χ0v) is 13.9. The summed E-state index contributed by atoms with van der Waals surface area (Å²) >= 11 is 0. The van der Waals surface area contributed by atoms with Gasteiger partial charge in [-0.05, 0) is 47.4 Å². The molecule has 4 nitrogen and oxygen atoms in total. The summed E-state index contributed by atoms with van der Waals surface area (Å²) in [5.41, 5.74) is 3.18. The number of esters is 1. The molecule has 0 atom stereocenters. The molecule has 120 valence electrons. The number of amides is 1. The third-order valence-corrected chi connectivity index (χ3v) is 3.68. The number of carbonyl (C=O) groups is 2. The summed E-state index contributed by atoms with van der Waals surface area (Å²) in [6.07, 6.45) is 0.763. The van der Waals surface area contributed by atoms with Crippen LogP contribution in [-0.2, 0) is 14.9 Å². The molecule has 2 aromatic rings. The molecule has 0 spiro atoms. The molecule has 0 radical (unpaired) electrons. The second kappa shape index (κ2) is 6.65. The molecule has 0 aliphatic carbocycles. The SMILES string of the molecule is COC(=O)c1ccc(N(C=O)c2ccc(C(C)(C)C)cc2)cc1. The van der Waals surface area contributed by atoms with Gasteiger partial charge in [0.05, 0.1) is 12.7 Å². The summed E-state index contributed by atoms with van der Waals surface area (Å²) in [7, 11) is 1.34. The van der Waals surface area contributed by atoms with Crippen LogP contribution in [0.1, 0.15) is 36.7 Å². The largest absolute Gasteiger partial charge is 0.465 e. The van der Waals surface area contributed by atoms with Gasteiger partial charge in [-0.2, -0.15) is 0 Å². The van der Waals surface area contributed by atoms with Crippen LogP contribution in [0.15, 0.2) is 48.5 Å². The van der Waals surface area contributed by atoms with E-state index in [1.165, 1.54) is 17.6 Å². The van der Waals surface area contributed by atoms with Gasteiger partial charge in [0, 0.05) is 11.4 Å². The summed E-state index contributed by atoms with van der Waals surface area (Å²) < 4.78 is 4.67. The van der Waals surface area contributed by atoms with Gasteiger partial charge in [-0.15, -0.1) is 0 Å². The van der Waals surface area contributed by atoms with Gasteiger partial charge in [0.15, 0.2) is 0 Å². The van der Waals surface area contributed by atoms with Crippen LogP contribution in [0, 0.1) is 0 Å². The third-order valence-electron chi connectivity index (χ3n) is 3.68. The van der Waals surface area contributed by atoms with Crippen LogP contribution in [0.25, 0.3) is 0 Å². The predicted molar refractivity (Wildman–Crippen MR) is 91.1 cm³/mol. The average Bonchev–Trinajstić information content (AvgIpc) is 2.55. The molecule has 1 amide bonds. The van der Waals surface area contributed by atoms with E-state index < -0.39 is 5.97 Å². The maximum absolute atomic E-state index is 11.5. The molecule has 0 aromatic heterocycles. The first-order chi connectivity index (χ1) is 10.9. The molecule has 0 heterocycles. The van der Waals surface area contributed by atoms with Gasteiger partial charge in [0.2, 0.25) is 6.41 Å². The van der Waals surface area contributed by atoms with Crippen molar-refractivity contribution in [2.75, 3.05) is 12.0 Å². The summed E-state index contributed by atoms with van der Waals surface area (Å²) in [4.78, 5) is 24.5. The summed E-state index contributed by atoms with van der Waals surface area (Å²) in [5.74, 6) is -0.399. The number of hydrogen-bond donors (Lipinski definition) is 0. The normalized spacial score (nSPS) is 11.0. The van der Waals surface area contributed by atoms with Gasteiger partial charge in [-0.25, -0.2) is 4.79 Å². The lowest BCUT2D eigenvalue weighted by molar-refractivity contribution is -0.106. The molecule has 0 N–H and O–H groups in total. The maximum Gasteiger partial charge on any atom is 0.337 e. The Morgan fingerprint density at radius 2 is 1.43 bits per heavy atom. The number of hydrogen-bond acceptors (Lipinski definition) is 3. The lowest BCUT2D eigenvalue weighted by atomic mass is 9.87. The molecule has 0 saturated heterocycles. The van der Waals surface area contributed by atoms with Crippen molar-refractivity contribution < 1.29 is 14.3 Å². The maximum atomic E-state index is 11.5. The standard InChI is InChI=1S/C19H21NO3/c1-19(2,3)15-7-11-17(12-8-15)20(13-21)16-9-5-14(6-10-16)18(22)23-4/h5-13H,1-4H3. The van der Waals surface area contributed by atoms with Gasteiger partial charge in [-0.3, -0.25) is 9.69 Å². The van der Waals surface area contributed by atoms with Crippen molar-refractivity contribution in [3.63, 3.8) is 0 Å². The molecule has 0 unspecified atom stereocenters. The van der Waals surface area contributed by atoms with E-state index in [4.69, 9.17) is 0 Å². The van der Waals surface area contributed by atoms with Crippen molar-refractivity contribution in [2.45, 2.75) is 26.2 Å². The monoisotopic (exact) mass is 311 g/mol. The Morgan fingerprint density at radius 3 is 1.83 bits per heavy atom. The number of rotatable bonds is 4. The fraction of sp³-hybridized carbons (Fsp3) is 0.263.